The molecular formula is C13H17NO2. The number of hydrogen-bond acceptors (Lipinski definition) is 3. The van der Waals surface area contributed by atoms with E-state index in [1.165, 1.54) is 12.0 Å². The molecule has 1 unspecified atom stereocenters. The van der Waals surface area contributed by atoms with Crippen LogP contribution in [0.25, 0.3) is 0 Å². The van der Waals surface area contributed by atoms with Crippen LogP contribution in [-0.2, 0) is 0 Å². The van der Waals surface area contributed by atoms with E-state index in [0.29, 0.717) is 5.92 Å². The van der Waals surface area contributed by atoms with Gasteiger partial charge in [0, 0.05) is 20.4 Å². The lowest BCUT2D eigenvalue weighted by Gasteiger charge is -2.16. The van der Waals surface area contributed by atoms with Crippen molar-refractivity contribution < 1.29 is 9.47 Å². The van der Waals surface area contributed by atoms with Crippen molar-refractivity contribution in [1.29, 1.82) is 0 Å². The molecular weight excluding hydrogens is 202 g/mol. The minimum Gasteiger partial charge on any atom is -0.449 e. The Morgan fingerprint density at radius 1 is 1.25 bits per heavy atom. The van der Waals surface area contributed by atoms with E-state index in [4.69, 9.17) is 9.47 Å². The number of fused-ring (bicyclic) bond motifs is 1. The molecule has 0 spiro atoms. The fourth-order valence-corrected chi connectivity index (χ4v) is 2.43. The van der Waals surface area contributed by atoms with Crippen LogP contribution in [0.2, 0.25) is 0 Å². The van der Waals surface area contributed by atoms with Crippen molar-refractivity contribution in [3.8, 4) is 11.5 Å². The lowest BCUT2D eigenvalue weighted by atomic mass is 9.98. The first-order valence-corrected chi connectivity index (χ1v) is 5.87. The average molecular weight is 219 g/mol. The van der Waals surface area contributed by atoms with E-state index in [1.807, 2.05) is 19.9 Å². The molecule has 16 heavy (non-hydrogen) atoms. The summed E-state index contributed by atoms with van der Waals surface area (Å²) in [5, 5.41) is 3.38. The van der Waals surface area contributed by atoms with E-state index in [-0.39, 0.29) is 0 Å². The first kappa shape index (κ1) is 9.97. The van der Waals surface area contributed by atoms with E-state index in [1.54, 1.807) is 0 Å². The molecule has 1 aromatic rings. The predicted molar refractivity (Wildman–Crippen MR) is 62.0 cm³/mol. The third kappa shape index (κ3) is 1.65. The topological polar surface area (TPSA) is 30.5 Å². The van der Waals surface area contributed by atoms with E-state index >= 15 is 0 Å². The maximum Gasteiger partial charge on any atom is 0.246 e. The highest BCUT2D eigenvalue weighted by atomic mass is 16.7. The summed E-state index contributed by atoms with van der Waals surface area (Å²) in [4.78, 5) is 0. The Kier molecular flexibility index (Phi) is 2.11. The van der Waals surface area contributed by atoms with Gasteiger partial charge < -0.3 is 14.8 Å². The number of ether oxygens (including phenoxy) is 2. The van der Waals surface area contributed by atoms with Crippen LogP contribution in [0.3, 0.4) is 0 Å². The summed E-state index contributed by atoms with van der Waals surface area (Å²) in [6.07, 6.45) is 1.21. The molecule has 0 saturated carbocycles. The van der Waals surface area contributed by atoms with E-state index in [9.17, 15) is 0 Å². The monoisotopic (exact) mass is 219 g/mol. The van der Waals surface area contributed by atoms with Crippen molar-refractivity contribution >= 4 is 0 Å². The van der Waals surface area contributed by atoms with Gasteiger partial charge in [-0.15, -0.1) is 0 Å². The van der Waals surface area contributed by atoms with Crippen LogP contribution in [0.15, 0.2) is 18.2 Å². The first-order valence-electron chi connectivity index (χ1n) is 5.87. The van der Waals surface area contributed by atoms with Crippen LogP contribution < -0.4 is 14.8 Å². The zero-order valence-electron chi connectivity index (χ0n) is 9.75. The molecule has 0 aliphatic carbocycles. The third-order valence-corrected chi connectivity index (χ3v) is 3.21. The summed E-state index contributed by atoms with van der Waals surface area (Å²) < 4.78 is 11.4. The second kappa shape index (κ2) is 3.39. The third-order valence-electron chi connectivity index (χ3n) is 3.21. The molecule has 0 aromatic heterocycles. The van der Waals surface area contributed by atoms with E-state index in [0.717, 1.165) is 24.6 Å². The summed E-state index contributed by atoms with van der Waals surface area (Å²) in [5.41, 5.74) is 1.35. The van der Waals surface area contributed by atoms with Crippen LogP contribution in [0.4, 0.5) is 0 Å². The molecule has 2 aliphatic rings. The fourth-order valence-electron chi connectivity index (χ4n) is 2.43. The van der Waals surface area contributed by atoms with Crippen LogP contribution in [-0.4, -0.2) is 18.9 Å². The van der Waals surface area contributed by atoms with Crippen molar-refractivity contribution in [1.82, 2.24) is 5.32 Å². The maximum absolute atomic E-state index is 5.75. The second-order valence-corrected chi connectivity index (χ2v) is 5.00. The smallest absolute Gasteiger partial charge is 0.246 e. The zero-order chi connectivity index (χ0) is 11.2. The second-order valence-electron chi connectivity index (χ2n) is 5.00. The number of hydrogen-bond donors (Lipinski definition) is 1. The molecule has 1 atom stereocenters. The Labute approximate surface area is 95.8 Å². The fraction of sp³-hybridized carbons (Fsp3) is 0.538. The van der Waals surface area contributed by atoms with Gasteiger partial charge in [0.2, 0.25) is 5.79 Å². The van der Waals surface area contributed by atoms with E-state index in [2.05, 4.69) is 17.4 Å². The van der Waals surface area contributed by atoms with Gasteiger partial charge in [-0.05, 0) is 36.6 Å². The lowest BCUT2D eigenvalue weighted by Crippen LogP contribution is -2.29. The average Bonchev–Trinajstić information content (AvgIpc) is 2.80. The molecule has 1 N–H and O–H groups in total. The predicted octanol–water partition coefficient (Wildman–Crippen LogP) is 2.27. The van der Waals surface area contributed by atoms with Crippen molar-refractivity contribution in [3.63, 3.8) is 0 Å². The van der Waals surface area contributed by atoms with Gasteiger partial charge >= 0.3 is 0 Å². The number of nitrogens with one attached hydrogen (secondary N) is 1. The lowest BCUT2D eigenvalue weighted by molar-refractivity contribution is -0.0431. The maximum atomic E-state index is 5.75. The minimum atomic E-state index is -0.519. The molecule has 0 bridgehead atoms. The molecule has 3 nitrogen and oxygen atoms in total. The Morgan fingerprint density at radius 2 is 2.06 bits per heavy atom. The summed E-state index contributed by atoms with van der Waals surface area (Å²) in [6.45, 7) is 6.06. The SMILES string of the molecule is CC1(C)Oc2ccc(C3CCNC3)cc2O1. The summed E-state index contributed by atoms with van der Waals surface area (Å²) in [5.74, 6) is 1.85. The highest BCUT2D eigenvalue weighted by molar-refractivity contribution is 5.46. The molecule has 1 saturated heterocycles. The van der Waals surface area contributed by atoms with Crippen LogP contribution in [0.1, 0.15) is 31.7 Å². The molecule has 1 aromatic carbocycles. The van der Waals surface area contributed by atoms with E-state index < -0.39 is 5.79 Å². The van der Waals surface area contributed by atoms with Gasteiger partial charge in [0.15, 0.2) is 11.5 Å². The molecule has 3 heteroatoms. The standard InChI is InChI=1S/C13H17NO2/c1-13(2)15-11-4-3-9(7-12(11)16-13)10-5-6-14-8-10/h3-4,7,10,14H,5-6,8H2,1-2H3. The van der Waals surface area contributed by atoms with Gasteiger partial charge in [0.05, 0.1) is 0 Å². The normalized spacial score (nSPS) is 26.0. The van der Waals surface area contributed by atoms with Crippen molar-refractivity contribution in [2.75, 3.05) is 13.1 Å². The zero-order valence-corrected chi connectivity index (χ0v) is 9.75. The number of benzene rings is 1. The summed E-state index contributed by atoms with van der Waals surface area (Å²) in [6, 6.07) is 6.31. The Balaban J connectivity index is 1.89. The first-order chi connectivity index (χ1) is 7.64. The van der Waals surface area contributed by atoms with Gasteiger partial charge in [0.1, 0.15) is 0 Å². The van der Waals surface area contributed by atoms with Crippen molar-refractivity contribution in [3.05, 3.63) is 23.8 Å². The van der Waals surface area contributed by atoms with Gasteiger partial charge in [-0.3, -0.25) is 0 Å². The van der Waals surface area contributed by atoms with Crippen LogP contribution in [0, 0.1) is 0 Å². The highest BCUT2D eigenvalue weighted by Crippen LogP contribution is 2.41. The molecule has 0 amide bonds. The van der Waals surface area contributed by atoms with Gasteiger partial charge in [-0.1, -0.05) is 6.07 Å². The Morgan fingerprint density at radius 3 is 2.81 bits per heavy atom. The van der Waals surface area contributed by atoms with Gasteiger partial charge in [-0.25, -0.2) is 0 Å². The summed E-state index contributed by atoms with van der Waals surface area (Å²) in [7, 11) is 0. The van der Waals surface area contributed by atoms with Crippen molar-refractivity contribution in [2.45, 2.75) is 32.0 Å². The number of rotatable bonds is 1. The van der Waals surface area contributed by atoms with Crippen molar-refractivity contribution in [2.24, 2.45) is 0 Å². The highest BCUT2D eigenvalue weighted by Gasteiger charge is 2.32. The summed E-state index contributed by atoms with van der Waals surface area (Å²) >= 11 is 0. The molecule has 86 valence electrons. The Bertz CT molecular complexity index is 408. The molecule has 0 radical (unpaired) electrons. The quantitative estimate of drug-likeness (QED) is 0.786. The Hall–Kier alpha value is -1.22. The van der Waals surface area contributed by atoms with Crippen LogP contribution >= 0.6 is 0 Å². The molecule has 1 fully saturated rings. The molecule has 2 heterocycles. The largest absolute Gasteiger partial charge is 0.449 e. The molecule has 2 aliphatic heterocycles. The minimum absolute atomic E-state index is 0.519. The van der Waals surface area contributed by atoms with Crippen LogP contribution in [0.5, 0.6) is 11.5 Å². The van der Waals surface area contributed by atoms with Gasteiger partial charge in [-0.2, -0.15) is 0 Å². The molecule has 3 rings (SSSR count). The van der Waals surface area contributed by atoms with Gasteiger partial charge in [0.25, 0.3) is 0 Å².